The smallest absolute Gasteiger partial charge is 0.317 e. The average Bonchev–Trinajstić information content (AvgIpc) is 2.74. The minimum atomic E-state index is -3.08. The van der Waals surface area contributed by atoms with Crippen LogP contribution in [-0.4, -0.2) is 44.4 Å². The van der Waals surface area contributed by atoms with Gasteiger partial charge in [0, 0.05) is 19.3 Å². The fourth-order valence-electron chi connectivity index (χ4n) is 3.08. The van der Waals surface area contributed by atoms with E-state index < -0.39 is 9.84 Å². The number of carbonyl (C=O) groups excluding carboxylic acids is 1. The SMILES string of the molecule is CCN(CCS(C)(=O)=O)C(=O)NC1c2cc(C)ccc2CC1C. The van der Waals surface area contributed by atoms with Crippen molar-refractivity contribution in [3.63, 3.8) is 0 Å². The fourth-order valence-corrected chi connectivity index (χ4v) is 3.64. The lowest BCUT2D eigenvalue weighted by molar-refractivity contribution is 0.196. The first-order valence-electron chi connectivity index (χ1n) is 8.04. The normalized spacial score (nSPS) is 20.2. The Morgan fingerprint density at radius 1 is 1.39 bits per heavy atom. The molecule has 0 bridgehead atoms. The maximum Gasteiger partial charge on any atom is 0.317 e. The van der Waals surface area contributed by atoms with Crippen molar-refractivity contribution >= 4 is 15.9 Å². The Balaban J connectivity index is 2.09. The number of aryl methyl sites for hydroxylation is 1. The van der Waals surface area contributed by atoms with Gasteiger partial charge in [-0.15, -0.1) is 0 Å². The number of nitrogens with zero attached hydrogens (tertiary/aromatic N) is 1. The zero-order valence-electron chi connectivity index (χ0n) is 14.3. The number of hydrogen-bond acceptors (Lipinski definition) is 3. The number of amides is 2. The number of urea groups is 1. The van der Waals surface area contributed by atoms with Gasteiger partial charge in [0.15, 0.2) is 0 Å². The lowest BCUT2D eigenvalue weighted by Crippen LogP contribution is -2.44. The molecule has 0 saturated carbocycles. The lowest BCUT2D eigenvalue weighted by atomic mass is 10.0. The summed E-state index contributed by atoms with van der Waals surface area (Å²) in [4.78, 5) is 14.1. The second-order valence-electron chi connectivity index (χ2n) is 6.52. The van der Waals surface area contributed by atoms with Crippen LogP contribution in [0.2, 0.25) is 0 Å². The predicted molar refractivity (Wildman–Crippen MR) is 92.3 cm³/mol. The van der Waals surface area contributed by atoms with Gasteiger partial charge in [0.25, 0.3) is 0 Å². The van der Waals surface area contributed by atoms with Crippen LogP contribution < -0.4 is 5.32 Å². The van der Waals surface area contributed by atoms with Gasteiger partial charge in [-0.25, -0.2) is 13.2 Å². The molecule has 2 atom stereocenters. The monoisotopic (exact) mass is 338 g/mol. The molecule has 0 fully saturated rings. The summed E-state index contributed by atoms with van der Waals surface area (Å²) in [7, 11) is -3.08. The van der Waals surface area contributed by atoms with Gasteiger partial charge in [0.1, 0.15) is 9.84 Å². The molecule has 23 heavy (non-hydrogen) atoms. The van der Waals surface area contributed by atoms with Crippen molar-refractivity contribution in [3.05, 3.63) is 34.9 Å². The van der Waals surface area contributed by atoms with Crippen LogP contribution in [-0.2, 0) is 16.3 Å². The zero-order valence-corrected chi connectivity index (χ0v) is 15.1. The minimum Gasteiger partial charge on any atom is -0.331 e. The average molecular weight is 338 g/mol. The van der Waals surface area contributed by atoms with Gasteiger partial charge >= 0.3 is 6.03 Å². The van der Waals surface area contributed by atoms with Crippen LogP contribution in [0, 0.1) is 12.8 Å². The quantitative estimate of drug-likeness (QED) is 0.896. The number of fused-ring (bicyclic) bond motifs is 1. The van der Waals surface area contributed by atoms with E-state index in [9.17, 15) is 13.2 Å². The van der Waals surface area contributed by atoms with Crippen LogP contribution in [0.25, 0.3) is 0 Å². The molecule has 2 rings (SSSR count). The first-order valence-corrected chi connectivity index (χ1v) is 10.1. The molecule has 1 aliphatic rings. The van der Waals surface area contributed by atoms with Gasteiger partial charge in [0.05, 0.1) is 11.8 Å². The molecule has 2 amide bonds. The number of carbonyl (C=O) groups is 1. The summed E-state index contributed by atoms with van der Waals surface area (Å²) in [6, 6.07) is 6.16. The molecular weight excluding hydrogens is 312 g/mol. The minimum absolute atomic E-state index is 0.00955. The molecule has 6 heteroatoms. The number of rotatable bonds is 5. The van der Waals surface area contributed by atoms with E-state index in [4.69, 9.17) is 0 Å². The van der Waals surface area contributed by atoms with E-state index in [2.05, 4.69) is 30.4 Å². The maximum absolute atomic E-state index is 12.5. The second-order valence-corrected chi connectivity index (χ2v) is 8.78. The highest BCUT2D eigenvalue weighted by Gasteiger charge is 2.31. The van der Waals surface area contributed by atoms with E-state index in [1.165, 1.54) is 22.9 Å². The Morgan fingerprint density at radius 2 is 2.09 bits per heavy atom. The van der Waals surface area contributed by atoms with Crippen LogP contribution in [0.5, 0.6) is 0 Å². The molecule has 1 aromatic rings. The molecular formula is C17H26N2O3S. The van der Waals surface area contributed by atoms with Gasteiger partial charge in [-0.3, -0.25) is 0 Å². The van der Waals surface area contributed by atoms with Crippen LogP contribution in [0.3, 0.4) is 0 Å². The fraction of sp³-hybridized carbons (Fsp3) is 0.588. The standard InChI is InChI=1S/C17H26N2O3S/c1-5-19(8-9-23(4,21)22)17(20)18-16-13(3)11-14-7-6-12(2)10-15(14)16/h6-7,10,13,16H,5,8-9,11H2,1-4H3,(H,18,20). The van der Waals surface area contributed by atoms with E-state index in [1.807, 2.05) is 13.8 Å². The molecule has 0 spiro atoms. The molecule has 0 aromatic heterocycles. The van der Waals surface area contributed by atoms with Crippen LogP contribution in [0.1, 0.15) is 36.6 Å². The highest BCUT2D eigenvalue weighted by Crippen LogP contribution is 2.36. The van der Waals surface area contributed by atoms with Gasteiger partial charge < -0.3 is 10.2 Å². The molecule has 1 N–H and O–H groups in total. The Morgan fingerprint density at radius 3 is 2.70 bits per heavy atom. The molecule has 0 aliphatic heterocycles. The Labute approximate surface area is 139 Å². The summed E-state index contributed by atoms with van der Waals surface area (Å²) < 4.78 is 22.6. The first-order chi connectivity index (χ1) is 10.7. The van der Waals surface area contributed by atoms with E-state index >= 15 is 0 Å². The summed E-state index contributed by atoms with van der Waals surface area (Å²) in [5.74, 6) is 0.328. The Hall–Kier alpha value is -1.56. The Kier molecular flexibility index (Phi) is 5.34. The van der Waals surface area contributed by atoms with Crippen LogP contribution in [0.4, 0.5) is 4.79 Å². The van der Waals surface area contributed by atoms with Gasteiger partial charge in [-0.2, -0.15) is 0 Å². The van der Waals surface area contributed by atoms with E-state index in [-0.39, 0.29) is 24.4 Å². The zero-order chi connectivity index (χ0) is 17.2. The molecule has 1 aliphatic carbocycles. The molecule has 0 radical (unpaired) electrons. The third-order valence-corrected chi connectivity index (χ3v) is 5.35. The van der Waals surface area contributed by atoms with Crippen LogP contribution >= 0.6 is 0 Å². The molecule has 0 saturated heterocycles. The summed E-state index contributed by atoms with van der Waals surface area (Å²) in [5.41, 5.74) is 3.65. The number of nitrogens with one attached hydrogen (secondary N) is 1. The molecule has 5 nitrogen and oxygen atoms in total. The molecule has 128 valence electrons. The summed E-state index contributed by atoms with van der Waals surface area (Å²) in [6.45, 7) is 6.75. The lowest BCUT2D eigenvalue weighted by Gasteiger charge is -2.26. The second kappa shape index (κ2) is 6.91. The number of benzene rings is 1. The van der Waals surface area contributed by atoms with Crippen molar-refractivity contribution in [1.82, 2.24) is 10.2 Å². The van der Waals surface area contributed by atoms with Crippen molar-refractivity contribution in [3.8, 4) is 0 Å². The highest BCUT2D eigenvalue weighted by molar-refractivity contribution is 7.90. The van der Waals surface area contributed by atoms with E-state index in [0.717, 1.165) is 6.42 Å². The topological polar surface area (TPSA) is 66.5 Å². The van der Waals surface area contributed by atoms with Gasteiger partial charge in [-0.1, -0.05) is 30.7 Å². The van der Waals surface area contributed by atoms with Gasteiger partial charge in [0.2, 0.25) is 0 Å². The van der Waals surface area contributed by atoms with Gasteiger partial charge in [-0.05, 0) is 37.3 Å². The van der Waals surface area contributed by atoms with Crippen LogP contribution in [0.15, 0.2) is 18.2 Å². The van der Waals surface area contributed by atoms with E-state index in [0.29, 0.717) is 12.5 Å². The summed E-state index contributed by atoms with van der Waals surface area (Å²) in [5, 5.41) is 3.09. The molecule has 0 heterocycles. The Bertz CT molecular complexity index is 685. The summed E-state index contributed by atoms with van der Waals surface area (Å²) in [6.07, 6.45) is 2.15. The summed E-state index contributed by atoms with van der Waals surface area (Å²) >= 11 is 0. The van der Waals surface area contributed by atoms with Crippen molar-refractivity contribution in [2.75, 3.05) is 25.1 Å². The van der Waals surface area contributed by atoms with Crippen molar-refractivity contribution in [2.45, 2.75) is 33.2 Å². The van der Waals surface area contributed by atoms with Crippen molar-refractivity contribution < 1.29 is 13.2 Å². The number of hydrogen-bond donors (Lipinski definition) is 1. The maximum atomic E-state index is 12.5. The van der Waals surface area contributed by atoms with Crippen molar-refractivity contribution in [2.24, 2.45) is 5.92 Å². The van der Waals surface area contributed by atoms with Crippen molar-refractivity contribution in [1.29, 1.82) is 0 Å². The highest BCUT2D eigenvalue weighted by atomic mass is 32.2. The molecule has 2 unspecified atom stereocenters. The largest absolute Gasteiger partial charge is 0.331 e. The number of sulfone groups is 1. The van der Waals surface area contributed by atoms with E-state index in [1.54, 1.807) is 4.90 Å². The predicted octanol–water partition coefficient (Wildman–Crippen LogP) is 2.30. The first kappa shape index (κ1) is 17.8. The molecule has 1 aromatic carbocycles. The third-order valence-electron chi connectivity index (χ3n) is 4.43. The third kappa shape index (κ3) is 4.47.